The molecule has 0 aliphatic rings. The molecule has 0 aliphatic carbocycles. The third-order valence-corrected chi connectivity index (χ3v) is 3.70. The van der Waals surface area contributed by atoms with Crippen molar-refractivity contribution in [2.75, 3.05) is 14.2 Å². The van der Waals surface area contributed by atoms with Gasteiger partial charge >= 0.3 is 5.97 Å². The first-order valence-electron chi connectivity index (χ1n) is 8.06. The molecule has 138 valence electrons. The Hall–Kier alpha value is -3.68. The predicted molar refractivity (Wildman–Crippen MR) is 98.1 cm³/mol. The maximum absolute atomic E-state index is 11.5. The maximum Gasteiger partial charge on any atom is 0.337 e. The van der Waals surface area contributed by atoms with Gasteiger partial charge in [0, 0.05) is 0 Å². The number of carbonyl (C=O) groups is 1. The van der Waals surface area contributed by atoms with Crippen LogP contribution in [0.5, 0.6) is 11.5 Å². The summed E-state index contributed by atoms with van der Waals surface area (Å²) in [6.45, 7) is 0.339. The molecular formula is C19H18N4O4. The average molecular weight is 366 g/mol. The lowest BCUT2D eigenvalue weighted by atomic mass is 10.1. The molecule has 0 bridgehead atoms. The van der Waals surface area contributed by atoms with E-state index in [0.29, 0.717) is 23.7 Å². The summed E-state index contributed by atoms with van der Waals surface area (Å²) in [5, 5.41) is 11.6. The minimum atomic E-state index is -0.368. The molecule has 3 rings (SSSR count). The van der Waals surface area contributed by atoms with E-state index < -0.39 is 0 Å². The molecule has 0 aliphatic heterocycles. The highest BCUT2D eigenvalue weighted by Gasteiger charge is 2.07. The van der Waals surface area contributed by atoms with Crippen LogP contribution in [0.25, 0.3) is 0 Å². The van der Waals surface area contributed by atoms with E-state index in [9.17, 15) is 4.79 Å². The van der Waals surface area contributed by atoms with Crippen molar-refractivity contribution in [2.45, 2.75) is 6.61 Å². The lowest BCUT2D eigenvalue weighted by molar-refractivity contribution is 0.0600. The fraction of sp³-hybridized carbons (Fsp3) is 0.158. The van der Waals surface area contributed by atoms with E-state index in [0.717, 1.165) is 11.1 Å². The predicted octanol–water partition coefficient (Wildman–Crippen LogP) is 2.53. The van der Waals surface area contributed by atoms with Crippen LogP contribution in [0, 0.1) is 0 Å². The van der Waals surface area contributed by atoms with E-state index in [1.165, 1.54) is 24.4 Å². The van der Waals surface area contributed by atoms with Crippen LogP contribution >= 0.6 is 0 Å². The van der Waals surface area contributed by atoms with E-state index in [-0.39, 0.29) is 5.97 Å². The normalized spacial score (nSPS) is 10.7. The molecule has 1 aromatic heterocycles. The topological polar surface area (TPSA) is 87.8 Å². The molecule has 0 fully saturated rings. The Kier molecular flexibility index (Phi) is 5.78. The van der Waals surface area contributed by atoms with Crippen molar-refractivity contribution < 1.29 is 19.0 Å². The minimum Gasteiger partial charge on any atom is -0.493 e. The lowest BCUT2D eigenvalue weighted by Gasteiger charge is -2.11. The van der Waals surface area contributed by atoms with Gasteiger partial charge in [-0.15, -0.1) is 10.2 Å². The van der Waals surface area contributed by atoms with Gasteiger partial charge in [-0.1, -0.05) is 12.1 Å². The van der Waals surface area contributed by atoms with Crippen molar-refractivity contribution >= 4 is 12.2 Å². The van der Waals surface area contributed by atoms with Crippen LogP contribution in [0.2, 0.25) is 0 Å². The highest BCUT2D eigenvalue weighted by Crippen LogP contribution is 2.28. The number of methoxy groups -OCH3 is 2. The van der Waals surface area contributed by atoms with E-state index in [1.807, 2.05) is 30.3 Å². The van der Waals surface area contributed by atoms with Crippen LogP contribution in [0.1, 0.15) is 21.5 Å². The van der Waals surface area contributed by atoms with E-state index in [2.05, 4.69) is 20.0 Å². The van der Waals surface area contributed by atoms with Crippen LogP contribution in [-0.2, 0) is 11.3 Å². The molecule has 2 aromatic carbocycles. The fourth-order valence-corrected chi connectivity index (χ4v) is 2.29. The number of aromatic nitrogens is 3. The summed E-state index contributed by atoms with van der Waals surface area (Å²) < 4.78 is 17.4. The molecule has 0 saturated heterocycles. The van der Waals surface area contributed by atoms with Gasteiger partial charge in [0.1, 0.15) is 19.3 Å². The van der Waals surface area contributed by atoms with Gasteiger partial charge < -0.3 is 14.2 Å². The molecule has 1 heterocycles. The molecular weight excluding hydrogens is 348 g/mol. The van der Waals surface area contributed by atoms with Gasteiger partial charge in [-0.3, -0.25) is 0 Å². The minimum absolute atomic E-state index is 0.339. The van der Waals surface area contributed by atoms with Crippen LogP contribution in [-0.4, -0.2) is 41.3 Å². The van der Waals surface area contributed by atoms with Crippen molar-refractivity contribution in [3.8, 4) is 11.5 Å². The van der Waals surface area contributed by atoms with Gasteiger partial charge in [-0.2, -0.15) is 5.10 Å². The van der Waals surface area contributed by atoms with Crippen LogP contribution in [0.15, 0.2) is 60.2 Å². The summed E-state index contributed by atoms with van der Waals surface area (Å²) in [6.07, 6.45) is 4.66. The fourth-order valence-electron chi connectivity index (χ4n) is 2.29. The Morgan fingerprint density at radius 2 is 1.81 bits per heavy atom. The van der Waals surface area contributed by atoms with Crippen molar-refractivity contribution in [1.29, 1.82) is 0 Å². The number of hydrogen-bond acceptors (Lipinski definition) is 7. The molecule has 8 nitrogen and oxygen atoms in total. The first-order chi connectivity index (χ1) is 13.2. The van der Waals surface area contributed by atoms with Gasteiger partial charge in [0.25, 0.3) is 0 Å². The van der Waals surface area contributed by atoms with Gasteiger partial charge in [-0.05, 0) is 41.5 Å². The summed E-state index contributed by atoms with van der Waals surface area (Å²) >= 11 is 0. The number of carbonyl (C=O) groups excluding carboxylic acids is 1. The summed E-state index contributed by atoms with van der Waals surface area (Å²) in [6, 6.07) is 12.5. The zero-order valence-electron chi connectivity index (χ0n) is 14.9. The zero-order valence-corrected chi connectivity index (χ0v) is 14.9. The number of ether oxygens (including phenoxy) is 3. The molecule has 0 unspecified atom stereocenters. The van der Waals surface area contributed by atoms with E-state index >= 15 is 0 Å². The average Bonchev–Trinajstić information content (AvgIpc) is 3.24. The number of hydrogen-bond donors (Lipinski definition) is 0. The summed E-state index contributed by atoms with van der Waals surface area (Å²) in [5.74, 6) is 0.831. The Morgan fingerprint density at radius 3 is 2.48 bits per heavy atom. The van der Waals surface area contributed by atoms with Crippen molar-refractivity contribution in [2.24, 2.45) is 5.10 Å². The van der Waals surface area contributed by atoms with Gasteiger partial charge in [0.15, 0.2) is 11.5 Å². The Bertz CT molecular complexity index is 921. The standard InChI is InChI=1S/C19H18N4O4/c1-25-18-9-15(10-22-23-12-20-21-13-23)5-8-17(18)27-11-14-3-6-16(7-4-14)19(24)26-2/h3-10,12-13H,11H2,1-2H3/b22-10-. The number of esters is 1. The summed E-state index contributed by atoms with van der Waals surface area (Å²) in [4.78, 5) is 11.5. The van der Waals surface area contributed by atoms with Gasteiger partial charge in [-0.25, -0.2) is 9.47 Å². The quantitative estimate of drug-likeness (QED) is 0.472. The number of rotatable bonds is 7. The molecule has 0 N–H and O–H groups in total. The molecule has 3 aromatic rings. The third-order valence-electron chi connectivity index (χ3n) is 3.70. The van der Waals surface area contributed by atoms with Crippen molar-refractivity contribution in [1.82, 2.24) is 14.9 Å². The number of nitrogens with zero attached hydrogens (tertiary/aromatic N) is 4. The second kappa shape index (κ2) is 8.61. The lowest BCUT2D eigenvalue weighted by Crippen LogP contribution is -2.02. The second-order valence-corrected chi connectivity index (χ2v) is 5.47. The molecule has 0 atom stereocenters. The molecule has 0 spiro atoms. The van der Waals surface area contributed by atoms with Crippen molar-refractivity contribution in [3.63, 3.8) is 0 Å². The zero-order chi connectivity index (χ0) is 19.1. The van der Waals surface area contributed by atoms with E-state index in [1.54, 1.807) is 25.5 Å². The SMILES string of the molecule is COC(=O)c1ccc(COc2ccc(/C=N\n3cnnc3)cc2OC)cc1. The largest absolute Gasteiger partial charge is 0.493 e. The highest BCUT2D eigenvalue weighted by atomic mass is 16.5. The van der Waals surface area contributed by atoms with Crippen LogP contribution < -0.4 is 9.47 Å². The molecule has 0 saturated carbocycles. The molecule has 27 heavy (non-hydrogen) atoms. The van der Waals surface area contributed by atoms with Crippen molar-refractivity contribution in [3.05, 3.63) is 71.8 Å². The third kappa shape index (κ3) is 4.69. The second-order valence-electron chi connectivity index (χ2n) is 5.47. The first-order valence-corrected chi connectivity index (χ1v) is 8.06. The Labute approximate surface area is 156 Å². The molecule has 0 radical (unpaired) electrons. The monoisotopic (exact) mass is 366 g/mol. The smallest absolute Gasteiger partial charge is 0.337 e. The molecule has 8 heteroatoms. The summed E-state index contributed by atoms with van der Waals surface area (Å²) in [5.41, 5.74) is 2.26. The van der Waals surface area contributed by atoms with Crippen LogP contribution in [0.3, 0.4) is 0 Å². The number of benzene rings is 2. The summed E-state index contributed by atoms with van der Waals surface area (Å²) in [7, 11) is 2.93. The Morgan fingerprint density at radius 1 is 1.07 bits per heavy atom. The van der Waals surface area contributed by atoms with Gasteiger partial charge in [0.2, 0.25) is 0 Å². The Balaban J connectivity index is 1.66. The van der Waals surface area contributed by atoms with Crippen LogP contribution in [0.4, 0.5) is 0 Å². The maximum atomic E-state index is 11.5. The first kappa shape index (κ1) is 18.1. The van der Waals surface area contributed by atoms with Gasteiger partial charge in [0.05, 0.1) is 26.0 Å². The van der Waals surface area contributed by atoms with E-state index in [4.69, 9.17) is 9.47 Å². The highest BCUT2D eigenvalue weighted by molar-refractivity contribution is 5.89. The molecule has 0 amide bonds.